The van der Waals surface area contributed by atoms with E-state index in [1.54, 1.807) is 19.2 Å². The van der Waals surface area contributed by atoms with Crippen LogP contribution in [0.4, 0.5) is 0 Å². The lowest BCUT2D eigenvalue weighted by Crippen LogP contribution is -2.29. The van der Waals surface area contributed by atoms with E-state index >= 15 is 0 Å². The topological polar surface area (TPSA) is 75.7 Å². The smallest absolute Gasteiger partial charge is 0.261 e. The van der Waals surface area contributed by atoms with Gasteiger partial charge in [0, 0.05) is 25.8 Å². The Morgan fingerprint density at radius 1 is 1.04 bits per heavy atom. The second-order valence-electron chi connectivity index (χ2n) is 6.04. The zero-order valence-corrected chi connectivity index (χ0v) is 14.5. The van der Waals surface area contributed by atoms with Gasteiger partial charge in [0.2, 0.25) is 0 Å². The molecule has 2 aromatic carbocycles. The molecule has 0 atom stereocenters. The Morgan fingerprint density at radius 2 is 1.77 bits per heavy atom. The van der Waals surface area contributed by atoms with Gasteiger partial charge in [-0.15, -0.1) is 0 Å². The van der Waals surface area contributed by atoms with Gasteiger partial charge in [0.05, 0.1) is 17.7 Å². The fourth-order valence-electron chi connectivity index (χ4n) is 2.86. The van der Waals surface area contributed by atoms with Crippen LogP contribution in [0.1, 0.15) is 43.1 Å². The maximum Gasteiger partial charge on any atom is 0.261 e. The third-order valence-corrected chi connectivity index (χ3v) is 4.23. The van der Waals surface area contributed by atoms with Crippen LogP contribution in [0.25, 0.3) is 0 Å². The summed E-state index contributed by atoms with van der Waals surface area (Å²) < 4.78 is 4.94. The average Bonchev–Trinajstić information content (AvgIpc) is 2.90. The molecule has 3 amide bonds. The molecule has 134 valence electrons. The van der Waals surface area contributed by atoms with E-state index in [1.807, 2.05) is 30.3 Å². The van der Waals surface area contributed by atoms with Crippen LogP contribution in [0.3, 0.4) is 0 Å². The van der Waals surface area contributed by atoms with Crippen LogP contribution in [0.15, 0.2) is 48.5 Å². The summed E-state index contributed by atoms with van der Waals surface area (Å²) in [6, 6.07) is 13.9. The highest BCUT2D eigenvalue weighted by Crippen LogP contribution is 2.25. The normalized spacial score (nSPS) is 13.0. The van der Waals surface area contributed by atoms with Gasteiger partial charge in [-0.1, -0.05) is 30.3 Å². The van der Waals surface area contributed by atoms with Gasteiger partial charge in [-0.05, 0) is 30.2 Å². The zero-order chi connectivity index (χ0) is 18.5. The molecular formula is C20H20N2O4. The molecule has 1 N–H and O–H groups in total. The second-order valence-corrected chi connectivity index (χ2v) is 6.04. The van der Waals surface area contributed by atoms with Crippen molar-refractivity contribution in [2.24, 2.45) is 0 Å². The summed E-state index contributed by atoms with van der Waals surface area (Å²) in [6.45, 7) is 1.26. The number of carbonyl (C=O) groups is 3. The largest absolute Gasteiger partial charge is 0.385 e. The van der Waals surface area contributed by atoms with Crippen molar-refractivity contribution in [2.45, 2.75) is 13.0 Å². The minimum Gasteiger partial charge on any atom is -0.385 e. The Morgan fingerprint density at radius 3 is 2.50 bits per heavy atom. The highest BCUT2D eigenvalue weighted by molar-refractivity contribution is 6.22. The fourth-order valence-corrected chi connectivity index (χ4v) is 2.86. The second kappa shape index (κ2) is 7.93. The van der Waals surface area contributed by atoms with Crippen molar-refractivity contribution in [1.82, 2.24) is 10.2 Å². The lowest BCUT2D eigenvalue weighted by atomic mass is 10.1. The van der Waals surface area contributed by atoms with E-state index in [2.05, 4.69) is 5.32 Å². The molecule has 0 unspecified atom stereocenters. The molecule has 26 heavy (non-hydrogen) atoms. The van der Waals surface area contributed by atoms with Gasteiger partial charge >= 0.3 is 0 Å². The van der Waals surface area contributed by atoms with E-state index in [-0.39, 0.29) is 29.8 Å². The molecule has 6 heteroatoms. The maximum absolute atomic E-state index is 12.6. The first-order chi connectivity index (χ1) is 12.6. The van der Waals surface area contributed by atoms with Crippen LogP contribution in [0.2, 0.25) is 0 Å². The van der Waals surface area contributed by atoms with E-state index in [9.17, 15) is 14.4 Å². The molecule has 6 nitrogen and oxygen atoms in total. The highest BCUT2D eigenvalue weighted by atomic mass is 16.5. The average molecular weight is 352 g/mol. The van der Waals surface area contributed by atoms with Gasteiger partial charge in [0.1, 0.15) is 0 Å². The number of ether oxygens (including phenoxy) is 1. The van der Waals surface area contributed by atoms with Crippen LogP contribution >= 0.6 is 0 Å². The first kappa shape index (κ1) is 17.8. The molecule has 1 aliphatic heterocycles. The fraction of sp³-hybridized carbons (Fsp3) is 0.250. The lowest BCUT2D eigenvalue weighted by Gasteiger charge is -2.13. The minimum atomic E-state index is -0.372. The molecule has 0 saturated heterocycles. The predicted octanol–water partition coefficient (Wildman–Crippen LogP) is 2.25. The standard InChI is InChI=1S/C20H20N2O4/c1-26-11-5-10-21-18(23)15-8-9-16-17(12-15)20(25)22(19(16)24)13-14-6-3-2-4-7-14/h2-4,6-9,12H,5,10-11,13H2,1H3,(H,21,23). The number of hydrogen-bond acceptors (Lipinski definition) is 4. The Labute approximate surface area is 151 Å². The molecule has 0 fully saturated rings. The number of imide groups is 1. The summed E-state index contributed by atoms with van der Waals surface area (Å²) in [7, 11) is 1.60. The Hall–Kier alpha value is -2.99. The first-order valence-corrected chi connectivity index (χ1v) is 8.43. The Balaban J connectivity index is 1.74. The number of nitrogens with zero attached hydrogens (tertiary/aromatic N) is 1. The van der Waals surface area contributed by atoms with E-state index in [0.29, 0.717) is 30.7 Å². The Kier molecular flexibility index (Phi) is 5.43. The van der Waals surface area contributed by atoms with Crippen LogP contribution < -0.4 is 5.32 Å². The number of hydrogen-bond donors (Lipinski definition) is 1. The van der Waals surface area contributed by atoms with Gasteiger partial charge in [0.25, 0.3) is 17.7 Å². The molecule has 3 rings (SSSR count). The molecule has 2 aromatic rings. The SMILES string of the molecule is COCCCNC(=O)c1ccc2c(c1)C(=O)N(Cc1ccccc1)C2=O. The first-order valence-electron chi connectivity index (χ1n) is 8.43. The van der Waals surface area contributed by atoms with Crippen LogP contribution in [-0.4, -0.2) is 42.9 Å². The number of benzene rings is 2. The summed E-state index contributed by atoms with van der Waals surface area (Å²) in [6.07, 6.45) is 0.704. The van der Waals surface area contributed by atoms with Gasteiger partial charge in [-0.3, -0.25) is 19.3 Å². The molecule has 0 saturated carbocycles. The van der Waals surface area contributed by atoms with Crippen molar-refractivity contribution in [3.63, 3.8) is 0 Å². The van der Waals surface area contributed by atoms with Crippen LogP contribution in [0, 0.1) is 0 Å². The number of nitrogens with one attached hydrogen (secondary N) is 1. The molecule has 0 bridgehead atoms. The van der Waals surface area contributed by atoms with E-state index in [1.165, 1.54) is 11.0 Å². The monoisotopic (exact) mass is 352 g/mol. The van der Waals surface area contributed by atoms with E-state index in [4.69, 9.17) is 4.74 Å². The molecule has 1 heterocycles. The van der Waals surface area contributed by atoms with Crippen molar-refractivity contribution < 1.29 is 19.1 Å². The van der Waals surface area contributed by atoms with E-state index in [0.717, 1.165) is 5.56 Å². The number of rotatable bonds is 7. The van der Waals surface area contributed by atoms with Crippen molar-refractivity contribution in [3.8, 4) is 0 Å². The molecule has 0 spiro atoms. The number of methoxy groups -OCH3 is 1. The molecule has 0 radical (unpaired) electrons. The lowest BCUT2D eigenvalue weighted by molar-refractivity contribution is 0.0642. The van der Waals surface area contributed by atoms with Gasteiger partial charge in [-0.25, -0.2) is 0 Å². The third-order valence-electron chi connectivity index (χ3n) is 4.23. The minimum absolute atomic E-state index is 0.214. The molecular weight excluding hydrogens is 332 g/mol. The Bertz CT molecular complexity index is 833. The summed E-state index contributed by atoms with van der Waals surface area (Å²) in [5, 5.41) is 2.77. The maximum atomic E-state index is 12.6. The van der Waals surface area contributed by atoms with Crippen molar-refractivity contribution in [1.29, 1.82) is 0 Å². The highest BCUT2D eigenvalue weighted by Gasteiger charge is 2.35. The van der Waals surface area contributed by atoms with E-state index < -0.39 is 0 Å². The summed E-state index contributed by atoms with van der Waals surface area (Å²) in [5.74, 6) is -0.977. The van der Waals surface area contributed by atoms with Crippen molar-refractivity contribution in [2.75, 3.05) is 20.3 Å². The summed E-state index contributed by atoms with van der Waals surface area (Å²) in [4.78, 5) is 38.6. The third kappa shape index (κ3) is 3.65. The van der Waals surface area contributed by atoms with Crippen LogP contribution in [0.5, 0.6) is 0 Å². The predicted molar refractivity (Wildman–Crippen MR) is 95.9 cm³/mol. The van der Waals surface area contributed by atoms with Crippen LogP contribution in [-0.2, 0) is 11.3 Å². The number of amides is 3. The number of fused-ring (bicyclic) bond motifs is 1. The van der Waals surface area contributed by atoms with Gasteiger partial charge in [-0.2, -0.15) is 0 Å². The summed E-state index contributed by atoms with van der Waals surface area (Å²) >= 11 is 0. The quantitative estimate of drug-likeness (QED) is 0.613. The van der Waals surface area contributed by atoms with Gasteiger partial charge in [0.15, 0.2) is 0 Å². The van der Waals surface area contributed by atoms with Crippen molar-refractivity contribution in [3.05, 3.63) is 70.8 Å². The van der Waals surface area contributed by atoms with Crippen molar-refractivity contribution >= 4 is 17.7 Å². The number of carbonyl (C=O) groups excluding carboxylic acids is 3. The molecule has 0 aliphatic carbocycles. The van der Waals surface area contributed by atoms with Gasteiger partial charge < -0.3 is 10.1 Å². The zero-order valence-electron chi connectivity index (χ0n) is 14.5. The molecule has 1 aliphatic rings. The summed E-state index contributed by atoms with van der Waals surface area (Å²) in [5.41, 5.74) is 1.85. The molecule has 0 aromatic heterocycles.